The third-order valence-electron chi connectivity index (χ3n) is 3.50. The van der Waals surface area contributed by atoms with E-state index >= 15 is 0 Å². The van der Waals surface area contributed by atoms with Crippen molar-refractivity contribution in [1.29, 1.82) is 0 Å². The van der Waals surface area contributed by atoms with Crippen LogP contribution in [0.5, 0.6) is 5.75 Å². The Hall–Kier alpha value is -1.28. The van der Waals surface area contributed by atoms with Crippen LogP contribution in [0.15, 0.2) is 41.4 Å². The molecule has 0 aliphatic heterocycles. The van der Waals surface area contributed by atoms with E-state index in [0.29, 0.717) is 25.7 Å². The molecule has 0 radical (unpaired) electrons. The lowest BCUT2D eigenvalue weighted by molar-refractivity contribution is 0.223. The molecule has 0 atom stereocenters. The van der Waals surface area contributed by atoms with E-state index in [2.05, 4.69) is 35.6 Å². The van der Waals surface area contributed by atoms with Gasteiger partial charge < -0.3 is 20.7 Å². The highest BCUT2D eigenvalue weighted by atomic mass is 127. The smallest absolute Gasteiger partial charge is 0.189 e. The van der Waals surface area contributed by atoms with Crippen LogP contribution in [0.25, 0.3) is 0 Å². The van der Waals surface area contributed by atoms with E-state index in [1.807, 2.05) is 31.2 Å². The number of nitrogens with one attached hydrogen (secondary N) is 1. The van der Waals surface area contributed by atoms with Crippen molar-refractivity contribution < 1.29 is 4.74 Å². The van der Waals surface area contributed by atoms with Gasteiger partial charge in [-0.05, 0) is 37.7 Å². The van der Waals surface area contributed by atoms with E-state index in [0.717, 1.165) is 36.5 Å². The maximum atomic E-state index is 5.79. The molecule has 0 fully saturated rings. The lowest BCUT2D eigenvalue weighted by atomic mass is 10.2. The zero-order valence-electron chi connectivity index (χ0n) is 15.0. The number of hydrogen-bond acceptors (Lipinski definition) is 3. The molecule has 0 aromatic heterocycles. The lowest BCUT2D eigenvalue weighted by Gasteiger charge is -2.18. The molecule has 0 spiro atoms. The molecule has 0 bridgehead atoms. The number of guanidine groups is 1. The predicted molar refractivity (Wildman–Crippen MR) is 113 cm³/mol. The van der Waals surface area contributed by atoms with Crippen LogP contribution in [0.1, 0.15) is 26.3 Å². The Morgan fingerprint density at radius 3 is 2.42 bits per heavy atom. The van der Waals surface area contributed by atoms with E-state index in [9.17, 15) is 0 Å². The molecule has 136 valence electrons. The molecule has 6 heteroatoms. The fourth-order valence-corrected chi connectivity index (χ4v) is 2.00. The van der Waals surface area contributed by atoms with Crippen molar-refractivity contribution in [2.24, 2.45) is 10.7 Å². The van der Waals surface area contributed by atoms with Gasteiger partial charge >= 0.3 is 0 Å². The van der Waals surface area contributed by atoms with Crippen molar-refractivity contribution in [2.45, 2.75) is 27.3 Å². The number of aliphatic imine (C=N–C) groups is 1. The topological polar surface area (TPSA) is 62.9 Å². The zero-order valence-corrected chi connectivity index (χ0v) is 17.4. The first-order valence-electron chi connectivity index (χ1n) is 8.17. The summed E-state index contributed by atoms with van der Waals surface area (Å²) < 4.78 is 5.76. The van der Waals surface area contributed by atoms with Crippen molar-refractivity contribution in [1.82, 2.24) is 10.2 Å². The first-order valence-corrected chi connectivity index (χ1v) is 8.17. The Balaban J connectivity index is 0.00000529. The highest BCUT2D eigenvalue weighted by Crippen LogP contribution is 2.12. The molecule has 0 amide bonds. The Morgan fingerprint density at radius 1 is 1.25 bits per heavy atom. The fraction of sp³-hybridized carbons (Fsp3) is 0.500. The molecule has 5 nitrogen and oxygen atoms in total. The largest absolute Gasteiger partial charge is 0.492 e. The van der Waals surface area contributed by atoms with Crippen molar-refractivity contribution in [3.05, 3.63) is 42.0 Å². The Morgan fingerprint density at radius 2 is 1.88 bits per heavy atom. The molecule has 0 aliphatic rings. The monoisotopic (exact) mass is 446 g/mol. The number of benzene rings is 1. The van der Waals surface area contributed by atoms with Crippen LogP contribution in [0.2, 0.25) is 0 Å². The van der Waals surface area contributed by atoms with Gasteiger partial charge in [-0.3, -0.25) is 0 Å². The summed E-state index contributed by atoms with van der Waals surface area (Å²) >= 11 is 0. The van der Waals surface area contributed by atoms with Gasteiger partial charge in [0.25, 0.3) is 0 Å². The van der Waals surface area contributed by atoms with Crippen LogP contribution in [-0.4, -0.2) is 43.6 Å². The molecule has 0 saturated carbocycles. The molecule has 0 saturated heterocycles. The number of nitrogens with zero attached hydrogens (tertiary/aromatic N) is 2. The SMILES string of the molecule is C=C(C)CNC(N)=NCc1ccc(OCCN(CC)CC)cc1.I. The standard InChI is InChI=1S/C18H30N4O.HI/c1-5-22(6-2)11-12-23-17-9-7-16(8-10-17)14-21-18(19)20-13-15(3)4;/h7-10H,3,5-6,11-14H2,1-2,4H3,(H3,19,20,21);1H. The normalized spacial score (nSPS) is 11.1. The van der Waals surface area contributed by atoms with E-state index in [4.69, 9.17) is 10.5 Å². The Kier molecular flexibility index (Phi) is 12.4. The zero-order chi connectivity index (χ0) is 17.1. The first kappa shape index (κ1) is 22.7. The number of halogens is 1. The van der Waals surface area contributed by atoms with Gasteiger partial charge in [0.15, 0.2) is 5.96 Å². The molecular formula is C18H31IN4O. The van der Waals surface area contributed by atoms with Crippen molar-refractivity contribution in [3.63, 3.8) is 0 Å². The molecule has 0 heterocycles. The molecule has 1 rings (SSSR count). The summed E-state index contributed by atoms with van der Waals surface area (Å²) in [5.41, 5.74) is 7.91. The van der Waals surface area contributed by atoms with Gasteiger partial charge in [-0.25, -0.2) is 4.99 Å². The number of likely N-dealkylation sites (N-methyl/N-ethyl adjacent to an activating group) is 1. The first-order chi connectivity index (χ1) is 11.0. The fourth-order valence-electron chi connectivity index (χ4n) is 2.00. The minimum Gasteiger partial charge on any atom is -0.492 e. The summed E-state index contributed by atoms with van der Waals surface area (Å²) in [6.45, 7) is 15.0. The third kappa shape index (κ3) is 9.77. The molecule has 1 aromatic carbocycles. The average molecular weight is 446 g/mol. The summed E-state index contributed by atoms with van der Waals surface area (Å²) in [5.74, 6) is 1.32. The van der Waals surface area contributed by atoms with Crippen LogP contribution in [0.4, 0.5) is 0 Å². The van der Waals surface area contributed by atoms with Gasteiger partial charge in [0.05, 0.1) is 6.54 Å². The van der Waals surface area contributed by atoms with Gasteiger partial charge in [0.1, 0.15) is 12.4 Å². The highest BCUT2D eigenvalue weighted by Gasteiger charge is 2.00. The third-order valence-corrected chi connectivity index (χ3v) is 3.50. The van der Waals surface area contributed by atoms with Crippen LogP contribution < -0.4 is 15.8 Å². The maximum Gasteiger partial charge on any atom is 0.189 e. The van der Waals surface area contributed by atoms with Crippen LogP contribution in [0.3, 0.4) is 0 Å². The Bertz CT molecular complexity index is 498. The number of ether oxygens (including phenoxy) is 1. The number of nitrogens with two attached hydrogens (primary N) is 1. The van der Waals surface area contributed by atoms with Crippen molar-refractivity contribution in [3.8, 4) is 5.75 Å². The maximum absolute atomic E-state index is 5.79. The Labute approximate surface area is 163 Å². The quantitative estimate of drug-likeness (QED) is 0.251. The minimum absolute atomic E-state index is 0. The summed E-state index contributed by atoms with van der Waals surface area (Å²) in [6, 6.07) is 7.99. The molecular weight excluding hydrogens is 415 g/mol. The lowest BCUT2D eigenvalue weighted by Crippen LogP contribution is -2.32. The molecule has 1 aromatic rings. The van der Waals surface area contributed by atoms with Gasteiger partial charge in [-0.2, -0.15) is 0 Å². The number of rotatable bonds is 10. The summed E-state index contributed by atoms with van der Waals surface area (Å²) in [6.07, 6.45) is 0. The molecule has 24 heavy (non-hydrogen) atoms. The van der Waals surface area contributed by atoms with Gasteiger partial charge in [-0.1, -0.05) is 38.1 Å². The van der Waals surface area contributed by atoms with Crippen molar-refractivity contribution >= 4 is 29.9 Å². The molecule has 3 N–H and O–H groups in total. The summed E-state index contributed by atoms with van der Waals surface area (Å²) in [5, 5.41) is 3.01. The van der Waals surface area contributed by atoms with Crippen LogP contribution in [-0.2, 0) is 6.54 Å². The second kappa shape index (κ2) is 13.1. The van der Waals surface area contributed by atoms with Gasteiger partial charge in [0.2, 0.25) is 0 Å². The predicted octanol–water partition coefficient (Wildman–Crippen LogP) is 3.01. The van der Waals surface area contributed by atoms with Crippen LogP contribution >= 0.6 is 24.0 Å². The minimum atomic E-state index is 0. The van der Waals surface area contributed by atoms with Gasteiger partial charge in [-0.15, -0.1) is 24.0 Å². The van der Waals surface area contributed by atoms with Gasteiger partial charge in [0, 0.05) is 13.1 Å². The van der Waals surface area contributed by atoms with E-state index in [-0.39, 0.29) is 24.0 Å². The van der Waals surface area contributed by atoms with E-state index in [1.165, 1.54) is 0 Å². The second-order valence-electron chi connectivity index (χ2n) is 5.53. The second-order valence-corrected chi connectivity index (χ2v) is 5.53. The summed E-state index contributed by atoms with van der Waals surface area (Å²) in [7, 11) is 0. The summed E-state index contributed by atoms with van der Waals surface area (Å²) in [4.78, 5) is 6.64. The van der Waals surface area contributed by atoms with E-state index in [1.54, 1.807) is 0 Å². The average Bonchev–Trinajstić information content (AvgIpc) is 2.56. The highest BCUT2D eigenvalue weighted by molar-refractivity contribution is 14.0. The van der Waals surface area contributed by atoms with Crippen molar-refractivity contribution in [2.75, 3.05) is 32.8 Å². The van der Waals surface area contributed by atoms with E-state index < -0.39 is 0 Å². The molecule has 0 aliphatic carbocycles. The van der Waals surface area contributed by atoms with Crippen LogP contribution in [0, 0.1) is 0 Å². The molecule has 0 unspecified atom stereocenters. The number of hydrogen-bond donors (Lipinski definition) is 2.